The van der Waals surface area contributed by atoms with Crippen LogP contribution in [0, 0.1) is 23.7 Å². The number of nitrogens with zero attached hydrogens (tertiary/aromatic N) is 2. The summed E-state index contributed by atoms with van der Waals surface area (Å²) in [6.07, 6.45) is -0.231. The van der Waals surface area contributed by atoms with Crippen LogP contribution in [0.3, 0.4) is 0 Å². The molecule has 30 heavy (non-hydrogen) atoms. The molecule has 3 amide bonds. The van der Waals surface area contributed by atoms with E-state index in [1.165, 1.54) is 4.90 Å². The summed E-state index contributed by atoms with van der Waals surface area (Å²) in [5, 5.41) is 25.3. The van der Waals surface area contributed by atoms with Gasteiger partial charge < -0.3 is 19.7 Å². The number of hydrogen-bond donors (Lipinski definition) is 3. The van der Waals surface area contributed by atoms with Gasteiger partial charge in [-0.15, -0.1) is 0 Å². The molecule has 4 fully saturated rings. The smallest absolute Gasteiger partial charge is 0.427 e. The van der Waals surface area contributed by atoms with Crippen molar-refractivity contribution >= 4 is 23.6 Å². The van der Waals surface area contributed by atoms with Crippen molar-refractivity contribution in [3.8, 4) is 0 Å². The van der Waals surface area contributed by atoms with Gasteiger partial charge in [0.15, 0.2) is 0 Å². The van der Waals surface area contributed by atoms with E-state index in [4.69, 9.17) is 9.47 Å². The monoisotopic (exact) mass is 423 g/mol. The predicted octanol–water partition coefficient (Wildman–Crippen LogP) is 0.0204. The fourth-order valence-corrected chi connectivity index (χ4v) is 5.52. The lowest BCUT2D eigenvalue weighted by Crippen LogP contribution is -2.55. The first-order chi connectivity index (χ1) is 14.4. The summed E-state index contributed by atoms with van der Waals surface area (Å²) in [5.74, 6) is -2.64. The van der Waals surface area contributed by atoms with Crippen LogP contribution in [0.5, 0.6) is 0 Å². The number of likely N-dealkylation sites (tertiary alicyclic amines) is 1. The Morgan fingerprint density at radius 3 is 2.70 bits per heavy atom. The topological polar surface area (TPSA) is 138 Å². The molecule has 3 N–H and O–H groups in total. The molecule has 0 spiro atoms. The minimum atomic E-state index is -1.14. The van der Waals surface area contributed by atoms with Crippen molar-refractivity contribution in [2.75, 3.05) is 19.8 Å². The van der Waals surface area contributed by atoms with E-state index in [1.54, 1.807) is 6.92 Å². The number of hydrazone groups is 1. The van der Waals surface area contributed by atoms with Crippen molar-refractivity contribution in [2.45, 2.75) is 57.3 Å². The van der Waals surface area contributed by atoms with E-state index >= 15 is 0 Å². The Morgan fingerprint density at radius 2 is 2.00 bits per heavy atom. The summed E-state index contributed by atoms with van der Waals surface area (Å²) >= 11 is 0. The molecule has 7 atom stereocenters. The Bertz CT molecular complexity index is 736. The average Bonchev–Trinajstić information content (AvgIpc) is 3.32. The van der Waals surface area contributed by atoms with Crippen molar-refractivity contribution in [1.29, 1.82) is 0 Å². The lowest BCUT2D eigenvalue weighted by Gasteiger charge is -2.45. The number of carbonyl (C=O) groups is 3. The first-order valence-electron chi connectivity index (χ1n) is 10.7. The molecule has 0 radical (unpaired) electrons. The molecular weight excluding hydrogens is 394 g/mol. The van der Waals surface area contributed by atoms with E-state index in [1.807, 2.05) is 0 Å². The highest BCUT2D eigenvalue weighted by molar-refractivity contribution is 6.06. The lowest BCUT2D eigenvalue weighted by molar-refractivity contribution is -0.143. The summed E-state index contributed by atoms with van der Waals surface area (Å²) in [6, 6.07) is 0. The molecule has 2 aliphatic heterocycles. The number of ether oxygens (including phenoxy) is 2. The molecule has 2 aliphatic carbocycles. The molecule has 4 aliphatic rings. The van der Waals surface area contributed by atoms with Crippen LogP contribution >= 0.6 is 0 Å². The molecule has 0 aromatic rings. The van der Waals surface area contributed by atoms with Gasteiger partial charge in [-0.25, -0.2) is 10.2 Å². The largest absolute Gasteiger partial charge is 0.449 e. The van der Waals surface area contributed by atoms with Crippen molar-refractivity contribution < 1.29 is 34.1 Å². The molecule has 0 aromatic heterocycles. The van der Waals surface area contributed by atoms with Crippen LogP contribution in [0.4, 0.5) is 4.79 Å². The van der Waals surface area contributed by atoms with Crippen LogP contribution < -0.4 is 5.43 Å². The summed E-state index contributed by atoms with van der Waals surface area (Å²) in [5.41, 5.74) is 2.83. The van der Waals surface area contributed by atoms with Crippen molar-refractivity contribution in [2.24, 2.45) is 28.8 Å². The molecular formula is C20H29N3O7. The second-order valence-corrected chi connectivity index (χ2v) is 8.51. The highest BCUT2D eigenvalue weighted by Gasteiger charge is 2.59. The molecule has 2 saturated heterocycles. The second kappa shape index (κ2) is 8.60. The summed E-state index contributed by atoms with van der Waals surface area (Å²) in [7, 11) is 0. The van der Waals surface area contributed by atoms with Crippen molar-refractivity contribution in [3.63, 3.8) is 0 Å². The number of aliphatic hydroxyl groups excluding tert-OH is 2. The molecule has 10 nitrogen and oxygen atoms in total. The Labute approximate surface area is 174 Å². The zero-order chi connectivity index (χ0) is 21.4. The van der Waals surface area contributed by atoms with E-state index in [2.05, 4.69) is 10.5 Å². The number of imide groups is 1. The third-order valence-electron chi connectivity index (χ3n) is 6.85. The number of amides is 3. The van der Waals surface area contributed by atoms with Gasteiger partial charge in [0.05, 0.1) is 43.3 Å². The molecule has 2 heterocycles. The number of fused-ring (bicyclic) bond motifs is 3. The normalized spacial score (nSPS) is 39.8. The van der Waals surface area contributed by atoms with E-state index < -0.39 is 36.1 Å². The van der Waals surface area contributed by atoms with Gasteiger partial charge in [-0.05, 0) is 32.6 Å². The van der Waals surface area contributed by atoms with Gasteiger partial charge in [0.25, 0.3) is 0 Å². The highest BCUT2D eigenvalue weighted by Crippen LogP contribution is 2.49. The Balaban J connectivity index is 1.56. The quantitative estimate of drug-likeness (QED) is 0.428. The Kier molecular flexibility index (Phi) is 6.08. The minimum absolute atomic E-state index is 0.0912. The maximum Gasteiger partial charge on any atom is 0.427 e. The standard InChI is InChI=1S/C20H29N3O7/c1-2-29-20(28)22-21-13-8-14(24)17(25)15-11(13)5-6-12-16(15)19(27)23(18(12)26)9-10-4-3-7-30-10/h10-12,14-17,24-25H,2-9H2,1H3,(H,22,28)/t10-,11-,12+,14+,15-,16+,17+/m0/s1. The van der Waals surface area contributed by atoms with Crippen LogP contribution in [-0.2, 0) is 19.1 Å². The summed E-state index contributed by atoms with van der Waals surface area (Å²) < 4.78 is 10.4. The molecule has 0 aromatic carbocycles. The predicted molar refractivity (Wildman–Crippen MR) is 103 cm³/mol. The van der Waals surface area contributed by atoms with E-state index in [-0.39, 0.29) is 43.4 Å². The van der Waals surface area contributed by atoms with Crippen molar-refractivity contribution in [1.82, 2.24) is 10.3 Å². The number of carbonyl (C=O) groups excluding carboxylic acids is 3. The van der Waals surface area contributed by atoms with Gasteiger partial charge in [0, 0.05) is 30.6 Å². The van der Waals surface area contributed by atoms with Crippen LogP contribution in [0.25, 0.3) is 0 Å². The van der Waals surface area contributed by atoms with Gasteiger partial charge >= 0.3 is 6.09 Å². The first-order valence-corrected chi connectivity index (χ1v) is 10.7. The van der Waals surface area contributed by atoms with Crippen LogP contribution in [0.15, 0.2) is 5.10 Å². The fourth-order valence-electron chi connectivity index (χ4n) is 5.52. The highest BCUT2D eigenvalue weighted by atomic mass is 16.5. The van der Waals surface area contributed by atoms with Crippen LogP contribution in [-0.4, -0.2) is 76.8 Å². The number of hydrogen-bond acceptors (Lipinski definition) is 8. The molecule has 166 valence electrons. The molecule has 10 heteroatoms. The molecule has 2 saturated carbocycles. The Morgan fingerprint density at radius 1 is 1.23 bits per heavy atom. The maximum absolute atomic E-state index is 13.2. The SMILES string of the molecule is CCOC(=O)NN=C1C[C@@H](O)[C@@H](O)[C@@H]2[C@@H]3C(=O)N(C[C@@H]4CCCO4)C(=O)[C@@H]3CC[C@@H]12. The average molecular weight is 423 g/mol. The molecule has 0 unspecified atom stereocenters. The van der Waals surface area contributed by atoms with Gasteiger partial charge in [0.2, 0.25) is 11.8 Å². The third kappa shape index (κ3) is 3.72. The van der Waals surface area contributed by atoms with Gasteiger partial charge in [-0.1, -0.05) is 0 Å². The van der Waals surface area contributed by atoms with Gasteiger partial charge in [-0.3, -0.25) is 14.5 Å². The number of nitrogens with one attached hydrogen (secondary N) is 1. The minimum Gasteiger partial charge on any atom is -0.449 e. The van der Waals surface area contributed by atoms with E-state index in [0.29, 0.717) is 25.2 Å². The first kappa shape index (κ1) is 21.2. The number of rotatable bonds is 4. The van der Waals surface area contributed by atoms with Crippen LogP contribution in [0.2, 0.25) is 0 Å². The number of aliphatic hydroxyl groups is 2. The van der Waals surface area contributed by atoms with Gasteiger partial charge in [-0.2, -0.15) is 5.10 Å². The molecule has 4 rings (SSSR count). The van der Waals surface area contributed by atoms with E-state index in [0.717, 1.165) is 12.8 Å². The molecule has 0 bridgehead atoms. The second-order valence-electron chi connectivity index (χ2n) is 8.51. The zero-order valence-electron chi connectivity index (χ0n) is 17.0. The van der Waals surface area contributed by atoms with Gasteiger partial charge in [0.1, 0.15) is 0 Å². The van der Waals surface area contributed by atoms with Crippen molar-refractivity contribution in [3.05, 3.63) is 0 Å². The zero-order valence-corrected chi connectivity index (χ0v) is 17.0. The summed E-state index contributed by atoms with van der Waals surface area (Å²) in [4.78, 5) is 39.1. The fraction of sp³-hybridized carbons (Fsp3) is 0.800. The summed E-state index contributed by atoms with van der Waals surface area (Å²) in [6.45, 7) is 2.75. The third-order valence-corrected chi connectivity index (χ3v) is 6.85. The van der Waals surface area contributed by atoms with Crippen LogP contribution in [0.1, 0.15) is 39.0 Å². The Hall–Kier alpha value is -2.04. The lowest BCUT2D eigenvalue weighted by atomic mass is 9.60. The maximum atomic E-state index is 13.2. The van der Waals surface area contributed by atoms with E-state index in [9.17, 15) is 24.6 Å².